The number of ether oxygens (including phenoxy) is 1. The lowest BCUT2D eigenvalue weighted by Gasteiger charge is -2.28. The van der Waals surface area contributed by atoms with Crippen molar-refractivity contribution in [3.63, 3.8) is 0 Å². The van der Waals surface area contributed by atoms with Gasteiger partial charge >= 0.3 is 12.1 Å². The Morgan fingerprint density at radius 3 is 1.81 bits per heavy atom. The molecule has 10 nitrogen and oxygen atoms in total. The molecular weight excluding hydrogens is 598 g/mol. The molecule has 0 aromatic heterocycles. The van der Waals surface area contributed by atoms with Crippen LogP contribution in [0.4, 0.5) is 4.79 Å². The molecule has 0 saturated heterocycles. The van der Waals surface area contributed by atoms with Crippen LogP contribution >= 0.6 is 0 Å². The summed E-state index contributed by atoms with van der Waals surface area (Å²) in [4.78, 5) is 64.7. The van der Waals surface area contributed by atoms with E-state index in [1.165, 1.54) is 6.92 Å². The Morgan fingerprint density at radius 2 is 1.23 bits per heavy atom. The van der Waals surface area contributed by atoms with Gasteiger partial charge in [-0.15, -0.1) is 0 Å². The summed E-state index contributed by atoms with van der Waals surface area (Å²) < 4.78 is 5.74. The maximum absolute atomic E-state index is 13.6. The highest BCUT2D eigenvalue weighted by molar-refractivity contribution is 6.39. The van der Waals surface area contributed by atoms with Crippen molar-refractivity contribution in [2.45, 2.75) is 43.8 Å². The highest BCUT2D eigenvalue weighted by atomic mass is 16.5. The largest absolute Gasteiger partial charge is 0.480 e. The van der Waals surface area contributed by atoms with E-state index in [-0.39, 0.29) is 25.4 Å². The van der Waals surface area contributed by atoms with Gasteiger partial charge in [0.2, 0.25) is 11.7 Å². The number of carbonyl (C=O) groups excluding carboxylic acids is 4. The van der Waals surface area contributed by atoms with E-state index < -0.39 is 47.8 Å². The number of fused-ring (bicyclic) bond motifs is 3. The molecule has 0 spiro atoms. The number of aliphatic carboxylic acids is 1. The van der Waals surface area contributed by atoms with Crippen molar-refractivity contribution in [2.24, 2.45) is 0 Å². The molecule has 10 heteroatoms. The van der Waals surface area contributed by atoms with Crippen molar-refractivity contribution in [1.82, 2.24) is 16.0 Å². The number of carboxylic acid groups (broad SMARTS) is 1. The SMILES string of the molecule is C[C@H](NC(=O)C(=O)[C@@H](NC(=O)Cc1ccccc1)[C@@H](Cc1ccccc1)NC(=O)OCC1c2ccccc2-c2ccccc21)C(=O)O. The molecule has 47 heavy (non-hydrogen) atoms. The summed E-state index contributed by atoms with van der Waals surface area (Å²) in [5, 5.41) is 16.8. The summed E-state index contributed by atoms with van der Waals surface area (Å²) in [5.74, 6) is -4.45. The molecule has 0 fully saturated rings. The molecule has 4 N–H and O–H groups in total. The minimum atomic E-state index is -1.55. The van der Waals surface area contributed by atoms with Gasteiger partial charge in [-0.3, -0.25) is 19.2 Å². The van der Waals surface area contributed by atoms with E-state index in [9.17, 15) is 29.1 Å². The zero-order valence-corrected chi connectivity index (χ0v) is 25.7. The predicted molar refractivity (Wildman–Crippen MR) is 174 cm³/mol. The number of carbonyl (C=O) groups is 5. The summed E-state index contributed by atoms with van der Waals surface area (Å²) in [5.41, 5.74) is 5.55. The highest BCUT2D eigenvalue weighted by Crippen LogP contribution is 2.44. The van der Waals surface area contributed by atoms with E-state index in [1.807, 2.05) is 54.6 Å². The molecule has 0 saturated carbocycles. The van der Waals surface area contributed by atoms with Crippen LogP contribution in [-0.2, 0) is 36.8 Å². The minimum absolute atomic E-state index is 0.00745. The number of amides is 3. The lowest BCUT2D eigenvalue weighted by Crippen LogP contribution is -2.60. The van der Waals surface area contributed by atoms with E-state index in [4.69, 9.17) is 4.74 Å². The molecule has 3 amide bonds. The van der Waals surface area contributed by atoms with Gasteiger partial charge in [0, 0.05) is 5.92 Å². The van der Waals surface area contributed by atoms with Gasteiger partial charge in [-0.2, -0.15) is 0 Å². The topological polar surface area (TPSA) is 151 Å². The Labute approximate surface area is 272 Å². The molecule has 4 aromatic carbocycles. The smallest absolute Gasteiger partial charge is 0.407 e. The molecule has 3 atom stereocenters. The fourth-order valence-electron chi connectivity index (χ4n) is 5.74. The summed E-state index contributed by atoms with van der Waals surface area (Å²) >= 11 is 0. The first-order chi connectivity index (χ1) is 22.7. The monoisotopic (exact) mass is 633 g/mol. The molecule has 0 unspecified atom stereocenters. The van der Waals surface area contributed by atoms with E-state index in [1.54, 1.807) is 54.6 Å². The highest BCUT2D eigenvalue weighted by Gasteiger charge is 2.37. The fraction of sp³-hybridized carbons (Fsp3) is 0.216. The van der Waals surface area contributed by atoms with Crippen LogP contribution in [0.1, 0.15) is 35.1 Å². The third-order valence-corrected chi connectivity index (χ3v) is 8.10. The van der Waals surface area contributed by atoms with Crippen molar-refractivity contribution < 1.29 is 33.8 Å². The second-order valence-corrected chi connectivity index (χ2v) is 11.4. The van der Waals surface area contributed by atoms with Gasteiger partial charge in [0.1, 0.15) is 18.7 Å². The molecule has 240 valence electrons. The number of ketones is 1. The first-order valence-electron chi connectivity index (χ1n) is 15.3. The third-order valence-electron chi connectivity index (χ3n) is 8.10. The third kappa shape index (κ3) is 8.09. The van der Waals surface area contributed by atoms with Crippen LogP contribution in [0.3, 0.4) is 0 Å². The molecule has 0 aliphatic heterocycles. The number of Topliss-reactive ketones (excluding diaryl/α,β-unsaturated/α-hetero) is 1. The average Bonchev–Trinajstić information content (AvgIpc) is 3.40. The van der Waals surface area contributed by atoms with Crippen molar-refractivity contribution >= 4 is 29.7 Å². The van der Waals surface area contributed by atoms with Crippen LogP contribution in [0.25, 0.3) is 11.1 Å². The van der Waals surface area contributed by atoms with Crippen LogP contribution in [0.15, 0.2) is 109 Å². The van der Waals surface area contributed by atoms with Crippen molar-refractivity contribution in [2.75, 3.05) is 6.61 Å². The molecular formula is C37H35N3O7. The van der Waals surface area contributed by atoms with Gasteiger partial charge < -0.3 is 25.8 Å². The lowest BCUT2D eigenvalue weighted by molar-refractivity contribution is -0.145. The lowest BCUT2D eigenvalue weighted by atomic mass is 9.95. The number of rotatable bonds is 13. The average molecular weight is 634 g/mol. The van der Waals surface area contributed by atoms with Gasteiger partial charge in [0.15, 0.2) is 0 Å². The molecule has 1 aliphatic rings. The summed E-state index contributed by atoms with van der Waals surface area (Å²) in [6, 6.07) is 29.5. The predicted octanol–water partition coefficient (Wildman–Crippen LogP) is 4.02. The standard InChI is InChI=1S/C37H35N3O7/c1-23(36(44)45)38-35(43)34(42)33(40-32(41)21-25-14-6-3-7-15-25)31(20-24-12-4-2-5-13-24)39-37(46)47-22-30-28-18-10-8-16-26(28)27-17-9-11-19-29(27)30/h2-19,23,30-31,33H,20-22H2,1H3,(H,38,43)(H,39,46)(H,40,41)(H,44,45)/t23-,31+,33-/m0/s1. The Balaban J connectivity index is 1.39. The Hall–Kier alpha value is -5.77. The summed E-state index contributed by atoms with van der Waals surface area (Å²) in [6.45, 7) is 1.22. The Kier molecular flexibility index (Phi) is 10.4. The normalized spacial score (nSPS) is 13.6. The minimum Gasteiger partial charge on any atom is -0.480 e. The van der Waals surface area contributed by atoms with Crippen molar-refractivity contribution in [3.8, 4) is 11.1 Å². The van der Waals surface area contributed by atoms with Gasteiger partial charge in [-0.25, -0.2) is 4.79 Å². The number of hydrogen-bond donors (Lipinski definition) is 4. The van der Waals surface area contributed by atoms with Crippen LogP contribution in [0.2, 0.25) is 0 Å². The Bertz CT molecular complexity index is 1710. The van der Waals surface area contributed by atoms with Gasteiger partial charge in [0.25, 0.3) is 5.91 Å². The van der Waals surface area contributed by atoms with Crippen LogP contribution in [0.5, 0.6) is 0 Å². The zero-order chi connectivity index (χ0) is 33.3. The van der Waals surface area contributed by atoms with Crippen molar-refractivity contribution in [3.05, 3.63) is 131 Å². The molecule has 0 bridgehead atoms. The fourth-order valence-corrected chi connectivity index (χ4v) is 5.74. The van der Waals surface area contributed by atoms with Crippen molar-refractivity contribution in [1.29, 1.82) is 0 Å². The molecule has 0 heterocycles. The van der Waals surface area contributed by atoms with E-state index >= 15 is 0 Å². The van der Waals surface area contributed by atoms with Gasteiger partial charge in [-0.1, -0.05) is 109 Å². The zero-order valence-electron chi connectivity index (χ0n) is 25.7. The number of hydrogen-bond acceptors (Lipinski definition) is 6. The first kappa shape index (κ1) is 32.6. The van der Waals surface area contributed by atoms with E-state index in [2.05, 4.69) is 16.0 Å². The first-order valence-corrected chi connectivity index (χ1v) is 15.3. The Morgan fingerprint density at radius 1 is 0.702 bits per heavy atom. The number of alkyl carbamates (subject to hydrolysis) is 1. The molecule has 5 rings (SSSR count). The second-order valence-electron chi connectivity index (χ2n) is 11.4. The van der Waals surface area contributed by atoms with Crippen LogP contribution < -0.4 is 16.0 Å². The van der Waals surface area contributed by atoms with E-state index in [0.717, 1.165) is 22.3 Å². The maximum atomic E-state index is 13.6. The molecule has 1 aliphatic carbocycles. The summed E-state index contributed by atoms with van der Waals surface area (Å²) in [6.07, 6.45) is -0.891. The molecule has 0 radical (unpaired) electrons. The maximum Gasteiger partial charge on any atom is 0.407 e. The summed E-state index contributed by atoms with van der Waals surface area (Å²) in [7, 11) is 0. The van der Waals surface area contributed by atoms with Crippen LogP contribution in [0, 0.1) is 0 Å². The van der Waals surface area contributed by atoms with Crippen LogP contribution in [-0.4, -0.2) is 59.5 Å². The van der Waals surface area contributed by atoms with Gasteiger partial charge in [-0.05, 0) is 46.7 Å². The van der Waals surface area contributed by atoms with E-state index in [0.29, 0.717) is 11.1 Å². The number of benzene rings is 4. The number of nitrogens with one attached hydrogen (secondary N) is 3. The second kappa shape index (κ2) is 15.0. The quantitative estimate of drug-likeness (QED) is 0.162. The number of carboxylic acids is 1. The van der Waals surface area contributed by atoms with Gasteiger partial charge in [0.05, 0.1) is 12.5 Å². The molecule has 4 aromatic rings.